The van der Waals surface area contributed by atoms with Gasteiger partial charge in [-0.3, -0.25) is 4.79 Å². The van der Waals surface area contributed by atoms with Crippen LogP contribution < -0.4 is 9.80 Å². The number of thiazole rings is 1. The van der Waals surface area contributed by atoms with E-state index in [2.05, 4.69) is 52.4 Å². The number of anilines is 2. The molecule has 0 radical (unpaired) electrons. The number of amides is 1. The minimum atomic E-state index is -0.262. The lowest BCUT2D eigenvalue weighted by molar-refractivity contribution is -0.124. The number of nitrogens with zero attached hydrogens (tertiary/aromatic N) is 4. The number of hydrogen-bond acceptors (Lipinski definition) is 6. The fourth-order valence-corrected chi connectivity index (χ4v) is 8.92. The number of carbonyl (C=O) groups is 1. The second-order valence-electron chi connectivity index (χ2n) is 13.9. The Labute approximate surface area is 254 Å². The third kappa shape index (κ3) is 5.39. The highest BCUT2D eigenvalue weighted by atomic mass is 32.1. The second kappa shape index (κ2) is 11.1. The molecule has 5 aliphatic rings. The van der Waals surface area contributed by atoms with E-state index in [0.29, 0.717) is 5.92 Å². The molecule has 222 valence electrons. The molecule has 0 atom stereocenters. The van der Waals surface area contributed by atoms with Crippen LogP contribution >= 0.6 is 11.3 Å². The predicted molar refractivity (Wildman–Crippen MR) is 170 cm³/mol. The van der Waals surface area contributed by atoms with Crippen LogP contribution in [0.25, 0.3) is 10.4 Å². The molecule has 1 amide bonds. The highest BCUT2D eigenvalue weighted by molar-refractivity contribution is 7.15. The summed E-state index contributed by atoms with van der Waals surface area (Å²) in [5.74, 6) is 1.90. The van der Waals surface area contributed by atoms with Gasteiger partial charge < -0.3 is 14.9 Å². The van der Waals surface area contributed by atoms with Gasteiger partial charge in [-0.25, -0.2) is 9.97 Å². The molecule has 5 fully saturated rings. The molecule has 5 aliphatic carbocycles. The highest BCUT2D eigenvalue weighted by Gasteiger charge is 2.50. The molecule has 8 rings (SSSR count). The SMILES string of the molecule is CN(C)c1ccc(C23CCC(CN(C(=O)C4CCC(O)CC4)c4cccc(-c5cnc(C6CC6)s5)c4)(CC2)CC3)cn1. The Morgan fingerprint density at radius 2 is 1.67 bits per heavy atom. The summed E-state index contributed by atoms with van der Waals surface area (Å²) in [5.41, 5.74) is 3.94. The Morgan fingerprint density at radius 1 is 0.929 bits per heavy atom. The number of hydrogen-bond donors (Lipinski definition) is 1. The Balaban J connectivity index is 1.14. The maximum Gasteiger partial charge on any atom is 0.230 e. The second-order valence-corrected chi connectivity index (χ2v) is 15.0. The first-order valence-corrected chi connectivity index (χ1v) is 16.8. The van der Waals surface area contributed by atoms with Crippen molar-refractivity contribution < 1.29 is 9.90 Å². The monoisotopic (exact) mass is 584 g/mol. The van der Waals surface area contributed by atoms with Crippen molar-refractivity contribution in [2.45, 2.75) is 94.5 Å². The van der Waals surface area contributed by atoms with E-state index in [-0.39, 0.29) is 28.8 Å². The number of aliphatic hydroxyl groups excluding tert-OH is 1. The number of fused-ring (bicyclic) bond motifs is 3. The molecule has 0 spiro atoms. The first-order chi connectivity index (χ1) is 20.3. The van der Waals surface area contributed by atoms with Crippen LogP contribution in [0.2, 0.25) is 0 Å². The van der Waals surface area contributed by atoms with Gasteiger partial charge in [-0.1, -0.05) is 18.2 Å². The molecule has 42 heavy (non-hydrogen) atoms. The first-order valence-electron chi connectivity index (χ1n) is 16.0. The van der Waals surface area contributed by atoms with Crippen LogP contribution in [-0.2, 0) is 10.2 Å². The van der Waals surface area contributed by atoms with E-state index >= 15 is 0 Å². The molecular formula is C35H44N4O2S. The van der Waals surface area contributed by atoms with Crippen molar-refractivity contribution in [1.82, 2.24) is 9.97 Å². The van der Waals surface area contributed by atoms with Gasteiger partial charge in [-0.15, -0.1) is 11.3 Å². The predicted octanol–water partition coefficient (Wildman–Crippen LogP) is 7.32. The smallest absolute Gasteiger partial charge is 0.230 e. The van der Waals surface area contributed by atoms with Crippen LogP contribution in [0.15, 0.2) is 48.8 Å². The van der Waals surface area contributed by atoms with Crippen molar-refractivity contribution in [1.29, 1.82) is 0 Å². The van der Waals surface area contributed by atoms with Crippen LogP contribution in [0.4, 0.5) is 11.5 Å². The first kappa shape index (κ1) is 28.0. The normalized spacial score (nSPS) is 28.9. The fourth-order valence-electron chi connectivity index (χ4n) is 7.84. The molecule has 0 aliphatic heterocycles. The number of rotatable bonds is 8. The highest BCUT2D eigenvalue weighted by Crippen LogP contribution is 2.58. The summed E-state index contributed by atoms with van der Waals surface area (Å²) in [7, 11) is 4.08. The Hall–Kier alpha value is -2.77. The molecule has 0 unspecified atom stereocenters. The molecule has 6 nitrogen and oxygen atoms in total. The molecule has 5 saturated carbocycles. The average molecular weight is 585 g/mol. The van der Waals surface area contributed by atoms with Gasteiger partial charge in [-0.2, -0.15) is 0 Å². The summed E-state index contributed by atoms with van der Waals surface area (Å²) < 4.78 is 0. The van der Waals surface area contributed by atoms with Gasteiger partial charge in [-0.05, 0) is 117 Å². The number of aliphatic hydroxyl groups is 1. The molecule has 2 aromatic heterocycles. The van der Waals surface area contributed by atoms with Crippen molar-refractivity contribution in [3.63, 3.8) is 0 Å². The van der Waals surface area contributed by atoms with Gasteiger partial charge in [0.25, 0.3) is 0 Å². The van der Waals surface area contributed by atoms with E-state index in [9.17, 15) is 9.90 Å². The summed E-state index contributed by atoms with van der Waals surface area (Å²) >= 11 is 1.81. The summed E-state index contributed by atoms with van der Waals surface area (Å²) in [5, 5.41) is 11.4. The molecule has 2 bridgehead atoms. The van der Waals surface area contributed by atoms with Crippen LogP contribution in [0.5, 0.6) is 0 Å². The standard InChI is InChI=1S/C35H44N4O2S/c1-38(2)31-13-10-27(21-36-31)35-17-14-34(15-18-35,16-19-35)23-39(33(41)25-8-11-29(40)12-9-25)28-5-3-4-26(20-28)30-22-37-32(42-30)24-6-7-24/h3-5,10,13,20-22,24-25,29,40H,6-9,11-12,14-19,23H2,1-2H3. The van der Waals surface area contributed by atoms with Crippen molar-refractivity contribution in [3.8, 4) is 10.4 Å². The van der Waals surface area contributed by atoms with E-state index in [1.807, 2.05) is 31.6 Å². The van der Waals surface area contributed by atoms with Gasteiger partial charge in [0.15, 0.2) is 0 Å². The minimum Gasteiger partial charge on any atom is -0.393 e. The molecule has 1 N–H and O–H groups in total. The zero-order chi connectivity index (χ0) is 28.9. The summed E-state index contributed by atoms with van der Waals surface area (Å²) in [4.78, 5) is 29.2. The van der Waals surface area contributed by atoms with Crippen molar-refractivity contribution in [2.24, 2.45) is 11.3 Å². The van der Waals surface area contributed by atoms with Gasteiger partial charge >= 0.3 is 0 Å². The van der Waals surface area contributed by atoms with Crippen LogP contribution in [0, 0.1) is 11.3 Å². The van der Waals surface area contributed by atoms with E-state index in [0.717, 1.165) is 68.6 Å². The molecule has 3 aromatic rings. The van der Waals surface area contributed by atoms with Gasteiger partial charge in [0.1, 0.15) is 5.82 Å². The molecule has 0 saturated heterocycles. The Morgan fingerprint density at radius 3 is 2.31 bits per heavy atom. The summed E-state index contributed by atoms with van der Waals surface area (Å²) in [6, 6.07) is 13.1. The fraction of sp³-hybridized carbons (Fsp3) is 0.571. The molecule has 1 aromatic carbocycles. The van der Waals surface area contributed by atoms with Gasteiger partial charge in [0, 0.05) is 50.6 Å². The molecule has 7 heteroatoms. The number of aromatic nitrogens is 2. The Bertz CT molecular complexity index is 1400. The molecular weight excluding hydrogens is 540 g/mol. The number of pyridine rings is 1. The third-order valence-corrected chi connectivity index (χ3v) is 12.1. The van der Waals surface area contributed by atoms with Crippen molar-refractivity contribution in [2.75, 3.05) is 30.4 Å². The molecule has 2 heterocycles. The number of carbonyl (C=O) groups excluding carboxylic acids is 1. The van der Waals surface area contributed by atoms with E-state index in [1.54, 1.807) is 0 Å². The maximum absolute atomic E-state index is 14.3. The number of benzene rings is 1. The van der Waals surface area contributed by atoms with E-state index in [1.165, 1.54) is 47.6 Å². The average Bonchev–Trinajstić information content (AvgIpc) is 3.77. The quantitative estimate of drug-likeness (QED) is 0.300. The zero-order valence-corrected chi connectivity index (χ0v) is 25.9. The van der Waals surface area contributed by atoms with Gasteiger partial charge in [0.05, 0.1) is 16.0 Å². The van der Waals surface area contributed by atoms with E-state index in [4.69, 9.17) is 9.97 Å². The largest absolute Gasteiger partial charge is 0.393 e. The zero-order valence-electron chi connectivity index (χ0n) is 25.1. The maximum atomic E-state index is 14.3. The summed E-state index contributed by atoms with van der Waals surface area (Å²) in [6.45, 7) is 0.790. The minimum absolute atomic E-state index is 0.00844. The lowest BCUT2D eigenvalue weighted by atomic mass is 9.52. The lowest BCUT2D eigenvalue weighted by Crippen LogP contribution is -2.51. The van der Waals surface area contributed by atoms with E-state index < -0.39 is 0 Å². The third-order valence-electron chi connectivity index (χ3n) is 10.9. The topological polar surface area (TPSA) is 69.6 Å². The van der Waals surface area contributed by atoms with Crippen LogP contribution in [0.3, 0.4) is 0 Å². The Kier molecular flexibility index (Phi) is 7.38. The van der Waals surface area contributed by atoms with Crippen molar-refractivity contribution in [3.05, 3.63) is 59.4 Å². The van der Waals surface area contributed by atoms with Gasteiger partial charge in [0.2, 0.25) is 5.91 Å². The lowest BCUT2D eigenvalue weighted by Gasteiger charge is -2.55. The summed E-state index contributed by atoms with van der Waals surface area (Å²) in [6.07, 6.45) is 16.3. The van der Waals surface area contributed by atoms with Crippen LogP contribution in [-0.4, -0.2) is 47.7 Å². The van der Waals surface area contributed by atoms with Crippen LogP contribution in [0.1, 0.15) is 93.5 Å². The van der Waals surface area contributed by atoms with Crippen molar-refractivity contribution >= 4 is 28.7 Å².